The maximum atomic E-state index is 13.7. The molecule has 0 aliphatic rings. The van der Waals surface area contributed by atoms with Crippen LogP contribution in [0.4, 0.5) is 27.8 Å². The molecule has 10 heteroatoms. The molecular formula is C16H16F5N3O2. The number of nitrogens with one attached hydrogen (secondary N) is 1. The summed E-state index contributed by atoms with van der Waals surface area (Å²) in [5.41, 5.74) is -0.531. The van der Waals surface area contributed by atoms with E-state index < -0.39 is 40.5 Å². The zero-order chi connectivity index (χ0) is 19.5. The van der Waals surface area contributed by atoms with Gasteiger partial charge in [-0.1, -0.05) is 0 Å². The lowest BCUT2D eigenvalue weighted by Gasteiger charge is -2.27. The van der Waals surface area contributed by atoms with Gasteiger partial charge in [0.1, 0.15) is 29.3 Å². The Labute approximate surface area is 145 Å². The van der Waals surface area contributed by atoms with Gasteiger partial charge in [-0.25, -0.2) is 19.6 Å². The molecule has 3 N–H and O–H groups in total. The number of benzene rings is 1. The first-order valence-corrected chi connectivity index (χ1v) is 7.33. The van der Waals surface area contributed by atoms with Crippen molar-refractivity contribution in [1.82, 2.24) is 4.98 Å². The summed E-state index contributed by atoms with van der Waals surface area (Å²) in [5, 5.41) is 0. The number of halogens is 5. The van der Waals surface area contributed by atoms with Crippen molar-refractivity contribution in [3.05, 3.63) is 47.7 Å². The molecule has 0 saturated heterocycles. The number of hydrazine groups is 1. The average Bonchev–Trinajstić information content (AvgIpc) is 2.54. The van der Waals surface area contributed by atoms with E-state index in [1.165, 1.54) is 13.8 Å². The normalized spacial score (nSPS) is 12.0. The number of ether oxygens (including phenoxy) is 2. The lowest BCUT2D eigenvalue weighted by Crippen LogP contribution is -2.36. The lowest BCUT2D eigenvalue weighted by atomic mass is 10.1. The van der Waals surface area contributed by atoms with Crippen LogP contribution in [0.2, 0.25) is 0 Å². The van der Waals surface area contributed by atoms with Gasteiger partial charge in [0, 0.05) is 12.3 Å². The van der Waals surface area contributed by atoms with Crippen molar-refractivity contribution in [2.24, 2.45) is 5.84 Å². The minimum absolute atomic E-state index is 0.255. The second-order valence-electron chi connectivity index (χ2n) is 5.90. The second kappa shape index (κ2) is 7.32. The van der Waals surface area contributed by atoms with E-state index in [1.54, 1.807) is 0 Å². The average molecular weight is 377 g/mol. The molecule has 26 heavy (non-hydrogen) atoms. The van der Waals surface area contributed by atoms with Crippen LogP contribution in [0, 0.1) is 11.6 Å². The number of pyridine rings is 1. The first kappa shape index (κ1) is 19.7. The van der Waals surface area contributed by atoms with Gasteiger partial charge in [-0.2, -0.15) is 13.2 Å². The predicted octanol–water partition coefficient (Wildman–Crippen LogP) is 3.90. The molecule has 0 aliphatic heterocycles. The van der Waals surface area contributed by atoms with E-state index >= 15 is 0 Å². The van der Waals surface area contributed by atoms with Crippen molar-refractivity contribution in [2.45, 2.75) is 25.6 Å². The summed E-state index contributed by atoms with van der Waals surface area (Å²) in [7, 11) is 0. The van der Waals surface area contributed by atoms with Crippen LogP contribution in [0.5, 0.6) is 11.5 Å². The van der Waals surface area contributed by atoms with E-state index in [9.17, 15) is 22.0 Å². The largest absolute Gasteiger partial charge is 0.489 e. The van der Waals surface area contributed by atoms with Crippen LogP contribution >= 0.6 is 0 Å². The fraction of sp³-hybridized carbons (Fsp3) is 0.312. The van der Waals surface area contributed by atoms with Gasteiger partial charge in [0.2, 0.25) is 0 Å². The van der Waals surface area contributed by atoms with Crippen LogP contribution in [0.25, 0.3) is 0 Å². The van der Waals surface area contributed by atoms with Crippen LogP contribution in [-0.2, 0) is 6.18 Å². The summed E-state index contributed by atoms with van der Waals surface area (Å²) >= 11 is 0. The first-order valence-electron chi connectivity index (χ1n) is 7.33. The highest BCUT2D eigenvalue weighted by Crippen LogP contribution is 2.40. The predicted molar refractivity (Wildman–Crippen MR) is 83.6 cm³/mol. The Hall–Kier alpha value is -2.62. The van der Waals surface area contributed by atoms with Gasteiger partial charge >= 0.3 is 6.18 Å². The Morgan fingerprint density at radius 3 is 2.38 bits per heavy atom. The Bertz CT molecular complexity index is 781. The summed E-state index contributed by atoms with van der Waals surface area (Å²) in [6.45, 7) is 2.60. The third-order valence-electron chi connectivity index (χ3n) is 3.19. The maximum absolute atomic E-state index is 13.7. The Balaban J connectivity index is 2.19. The molecule has 0 amide bonds. The van der Waals surface area contributed by atoms with Gasteiger partial charge in [0.05, 0.1) is 0 Å². The number of rotatable bonds is 6. The summed E-state index contributed by atoms with van der Waals surface area (Å²) in [5.74, 6) is 1.98. The quantitative estimate of drug-likeness (QED) is 0.454. The van der Waals surface area contributed by atoms with E-state index in [-0.39, 0.29) is 12.4 Å². The topological polar surface area (TPSA) is 69.4 Å². The smallest absolute Gasteiger partial charge is 0.423 e. The zero-order valence-electron chi connectivity index (χ0n) is 13.8. The number of nitrogen functional groups attached to an aromatic ring is 1. The van der Waals surface area contributed by atoms with Crippen molar-refractivity contribution in [3.63, 3.8) is 0 Å². The van der Waals surface area contributed by atoms with Gasteiger partial charge < -0.3 is 14.9 Å². The molecule has 0 unspecified atom stereocenters. The van der Waals surface area contributed by atoms with Crippen molar-refractivity contribution >= 4 is 5.82 Å². The van der Waals surface area contributed by atoms with Crippen molar-refractivity contribution in [1.29, 1.82) is 0 Å². The number of nitrogens with two attached hydrogens (primary N) is 1. The molecule has 1 heterocycles. The number of nitrogens with zero attached hydrogens (tertiary/aromatic N) is 1. The molecule has 142 valence electrons. The summed E-state index contributed by atoms with van der Waals surface area (Å²) in [6, 6.07) is 3.74. The molecular weight excluding hydrogens is 361 g/mol. The summed E-state index contributed by atoms with van der Waals surface area (Å²) in [4.78, 5) is 3.50. The highest BCUT2D eigenvalue weighted by molar-refractivity contribution is 5.52. The molecule has 0 radical (unpaired) electrons. The number of hydrogen-bond donors (Lipinski definition) is 2. The van der Waals surface area contributed by atoms with Crippen molar-refractivity contribution in [3.8, 4) is 11.5 Å². The number of anilines is 1. The third kappa shape index (κ3) is 4.72. The van der Waals surface area contributed by atoms with E-state index in [2.05, 4.69) is 4.98 Å². The van der Waals surface area contributed by atoms with Crippen LogP contribution < -0.4 is 20.7 Å². The van der Waals surface area contributed by atoms with Crippen LogP contribution in [-0.4, -0.2) is 17.2 Å². The molecule has 2 aromatic rings. The number of hydrogen-bond acceptors (Lipinski definition) is 5. The lowest BCUT2D eigenvalue weighted by molar-refractivity contribution is -0.138. The van der Waals surface area contributed by atoms with Crippen molar-refractivity contribution in [2.75, 3.05) is 12.0 Å². The Morgan fingerprint density at radius 1 is 1.12 bits per heavy atom. The molecule has 0 saturated carbocycles. The second-order valence-corrected chi connectivity index (χ2v) is 5.90. The molecule has 0 fully saturated rings. The number of alkyl halides is 3. The van der Waals surface area contributed by atoms with Crippen LogP contribution in [0.3, 0.4) is 0 Å². The Kier molecular flexibility index (Phi) is 5.55. The van der Waals surface area contributed by atoms with Crippen LogP contribution in [0.15, 0.2) is 30.5 Å². The molecule has 1 aromatic heterocycles. The molecule has 5 nitrogen and oxygen atoms in total. The minimum atomic E-state index is -4.76. The Morgan fingerprint density at radius 2 is 1.81 bits per heavy atom. The summed E-state index contributed by atoms with van der Waals surface area (Å²) in [6.07, 6.45) is -3.67. The minimum Gasteiger partial charge on any atom is -0.489 e. The molecule has 0 bridgehead atoms. The van der Waals surface area contributed by atoms with E-state index in [0.717, 1.165) is 24.4 Å². The van der Waals surface area contributed by atoms with Crippen molar-refractivity contribution < 1.29 is 31.4 Å². The van der Waals surface area contributed by atoms with E-state index in [4.69, 9.17) is 15.3 Å². The van der Waals surface area contributed by atoms with Gasteiger partial charge in [0.15, 0.2) is 17.4 Å². The van der Waals surface area contributed by atoms with Gasteiger partial charge in [0.25, 0.3) is 0 Å². The maximum Gasteiger partial charge on any atom is 0.423 e. The number of aromatic nitrogens is 1. The molecule has 0 atom stereocenters. The monoisotopic (exact) mass is 377 g/mol. The summed E-state index contributed by atoms with van der Waals surface area (Å²) < 4.78 is 76.9. The highest BCUT2D eigenvalue weighted by Gasteiger charge is 2.39. The molecule has 0 spiro atoms. The zero-order valence-corrected chi connectivity index (χ0v) is 13.8. The van der Waals surface area contributed by atoms with Gasteiger partial charge in [-0.15, -0.1) is 0 Å². The standard InChI is InChI=1S/C16H16F5N3O2/c1-15(2,26-11-4-3-9(17)7-10(11)18)8-25-12-5-6-23-14(24-22)13(12)16(19,20)21/h3-7H,8,22H2,1-2H3,(H,23,24). The molecule has 1 aromatic carbocycles. The van der Waals surface area contributed by atoms with Gasteiger partial charge in [-0.3, -0.25) is 0 Å². The highest BCUT2D eigenvalue weighted by atomic mass is 19.4. The fourth-order valence-electron chi connectivity index (χ4n) is 2.08. The molecule has 2 rings (SSSR count). The SMILES string of the molecule is CC(C)(COc1ccnc(NN)c1C(F)(F)F)Oc1ccc(F)cc1F. The first-order chi connectivity index (χ1) is 12.0. The van der Waals surface area contributed by atoms with Gasteiger partial charge in [-0.05, 0) is 32.0 Å². The fourth-order valence-corrected chi connectivity index (χ4v) is 2.08. The van der Waals surface area contributed by atoms with Crippen LogP contribution in [0.1, 0.15) is 19.4 Å². The van der Waals surface area contributed by atoms with E-state index in [0.29, 0.717) is 6.07 Å². The van der Waals surface area contributed by atoms with E-state index in [1.807, 2.05) is 5.43 Å². The molecule has 0 aliphatic carbocycles. The third-order valence-corrected chi connectivity index (χ3v) is 3.19.